The largest absolute Gasteiger partial charge is 0.394 e. The van der Waals surface area contributed by atoms with Crippen LogP contribution >= 0.6 is 0 Å². The molecule has 0 aromatic heterocycles. The molecule has 1 fully saturated rings. The molecular weight excluding hydrogens is 154 g/mol. The number of hydrogen-bond acceptors (Lipinski definition) is 3. The molecule has 0 aromatic carbocycles. The molecule has 1 rings (SSSR count). The van der Waals surface area contributed by atoms with E-state index in [9.17, 15) is 4.79 Å². The van der Waals surface area contributed by atoms with Crippen LogP contribution in [0.25, 0.3) is 0 Å². The van der Waals surface area contributed by atoms with Crippen molar-refractivity contribution >= 4 is 5.78 Å². The number of ketones is 1. The van der Waals surface area contributed by atoms with Crippen LogP contribution in [-0.4, -0.2) is 35.0 Å². The van der Waals surface area contributed by atoms with E-state index < -0.39 is 0 Å². The van der Waals surface area contributed by atoms with E-state index in [1.54, 1.807) is 0 Å². The van der Waals surface area contributed by atoms with Crippen LogP contribution in [0.4, 0.5) is 0 Å². The van der Waals surface area contributed by atoms with Gasteiger partial charge < -0.3 is 10.0 Å². The topological polar surface area (TPSA) is 40.5 Å². The van der Waals surface area contributed by atoms with Gasteiger partial charge in [0.25, 0.3) is 0 Å². The fraction of sp³-hybridized carbons (Fsp3) is 0.667. The van der Waals surface area contributed by atoms with Gasteiger partial charge in [0.05, 0.1) is 18.3 Å². The Labute approximate surface area is 72.7 Å². The van der Waals surface area contributed by atoms with Crippen molar-refractivity contribution in [3.8, 4) is 0 Å². The number of hydrogen-bond donors (Lipinski definition) is 1. The molecule has 0 bridgehead atoms. The van der Waals surface area contributed by atoms with Crippen LogP contribution in [0, 0.1) is 0 Å². The van der Waals surface area contributed by atoms with E-state index in [2.05, 4.69) is 6.58 Å². The summed E-state index contributed by atoms with van der Waals surface area (Å²) in [4.78, 5) is 12.9. The summed E-state index contributed by atoms with van der Waals surface area (Å²) in [7, 11) is 0. The van der Waals surface area contributed by atoms with Crippen LogP contribution in [-0.2, 0) is 4.79 Å². The van der Waals surface area contributed by atoms with Crippen LogP contribution in [0.2, 0.25) is 0 Å². The smallest absolute Gasteiger partial charge is 0.175 e. The third-order valence-electron chi connectivity index (χ3n) is 2.34. The van der Waals surface area contributed by atoms with E-state index in [1.807, 2.05) is 4.90 Å². The Hall–Kier alpha value is -0.830. The molecule has 12 heavy (non-hydrogen) atoms. The number of nitrogens with zero attached hydrogens (tertiary/aromatic N) is 1. The lowest BCUT2D eigenvalue weighted by Gasteiger charge is -2.25. The van der Waals surface area contributed by atoms with Gasteiger partial charge in [-0.05, 0) is 12.8 Å². The zero-order valence-corrected chi connectivity index (χ0v) is 7.42. The van der Waals surface area contributed by atoms with Crippen LogP contribution in [0.5, 0.6) is 0 Å². The van der Waals surface area contributed by atoms with Gasteiger partial charge in [0.1, 0.15) is 0 Å². The van der Waals surface area contributed by atoms with Gasteiger partial charge in [-0.1, -0.05) is 6.58 Å². The minimum absolute atomic E-state index is 0.00431. The summed E-state index contributed by atoms with van der Waals surface area (Å²) in [6.45, 7) is 6.18. The molecule has 0 radical (unpaired) electrons. The van der Waals surface area contributed by atoms with Gasteiger partial charge in [0.15, 0.2) is 5.78 Å². The van der Waals surface area contributed by atoms with E-state index in [4.69, 9.17) is 5.11 Å². The number of Topliss-reactive ketones (excluding diaryl/α,β-unsaturated/α-hetero) is 1. The van der Waals surface area contributed by atoms with Crippen LogP contribution in [0.3, 0.4) is 0 Å². The molecule has 1 saturated heterocycles. The molecule has 1 unspecified atom stereocenters. The SMILES string of the molecule is C=C(C(C)=O)N1CCCC1CO. The van der Waals surface area contributed by atoms with Crippen molar-refractivity contribution in [2.75, 3.05) is 13.2 Å². The fourth-order valence-electron chi connectivity index (χ4n) is 1.58. The Morgan fingerprint density at radius 3 is 2.92 bits per heavy atom. The van der Waals surface area contributed by atoms with Crippen molar-refractivity contribution in [1.29, 1.82) is 0 Å². The van der Waals surface area contributed by atoms with Gasteiger partial charge in [0.2, 0.25) is 0 Å². The summed E-state index contributed by atoms with van der Waals surface area (Å²) < 4.78 is 0. The summed E-state index contributed by atoms with van der Waals surface area (Å²) >= 11 is 0. The van der Waals surface area contributed by atoms with Crippen molar-refractivity contribution in [2.24, 2.45) is 0 Å². The number of aliphatic hydroxyl groups excluding tert-OH is 1. The second-order valence-electron chi connectivity index (χ2n) is 3.17. The number of carbonyl (C=O) groups is 1. The molecule has 3 nitrogen and oxygen atoms in total. The lowest BCUT2D eigenvalue weighted by atomic mass is 10.2. The summed E-state index contributed by atoms with van der Waals surface area (Å²) in [5, 5.41) is 8.97. The molecule has 1 atom stereocenters. The average molecular weight is 169 g/mol. The maximum absolute atomic E-state index is 11.0. The molecule has 3 heteroatoms. The Morgan fingerprint density at radius 2 is 2.42 bits per heavy atom. The first-order valence-corrected chi connectivity index (χ1v) is 4.24. The van der Waals surface area contributed by atoms with Crippen LogP contribution in [0.1, 0.15) is 19.8 Å². The summed E-state index contributed by atoms with van der Waals surface area (Å²) in [5.41, 5.74) is 0.534. The molecule has 1 heterocycles. The fourth-order valence-corrected chi connectivity index (χ4v) is 1.58. The minimum atomic E-state index is -0.00431. The van der Waals surface area contributed by atoms with Gasteiger partial charge >= 0.3 is 0 Å². The maximum Gasteiger partial charge on any atom is 0.175 e. The Bertz CT molecular complexity index is 201. The molecule has 68 valence electrons. The highest BCUT2D eigenvalue weighted by Gasteiger charge is 2.25. The van der Waals surface area contributed by atoms with Gasteiger partial charge in [0, 0.05) is 13.5 Å². The molecule has 1 aliphatic heterocycles. The zero-order valence-electron chi connectivity index (χ0n) is 7.42. The predicted octanol–water partition coefficient (Wildman–Crippen LogP) is 0.546. The monoisotopic (exact) mass is 169 g/mol. The Kier molecular flexibility index (Phi) is 2.87. The number of likely N-dealkylation sites (tertiary alicyclic amines) is 1. The number of aliphatic hydroxyl groups is 1. The first-order valence-electron chi connectivity index (χ1n) is 4.24. The number of allylic oxidation sites excluding steroid dienone is 1. The van der Waals surface area contributed by atoms with E-state index in [0.29, 0.717) is 5.70 Å². The molecule has 0 aromatic rings. The Balaban J connectivity index is 2.61. The lowest BCUT2D eigenvalue weighted by Crippen LogP contribution is -2.33. The lowest BCUT2D eigenvalue weighted by molar-refractivity contribution is -0.115. The molecule has 0 aliphatic carbocycles. The quantitative estimate of drug-likeness (QED) is 0.627. The second kappa shape index (κ2) is 3.72. The van der Waals surface area contributed by atoms with Crippen LogP contribution in [0.15, 0.2) is 12.3 Å². The third-order valence-corrected chi connectivity index (χ3v) is 2.34. The van der Waals surface area contributed by atoms with E-state index in [1.165, 1.54) is 6.92 Å². The highest BCUT2D eigenvalue weighted by Crippen LogP contribution is 2.20. The summed E-state index contributed by atoms with van der Waals surface area (Å²) in [6.07, 6.45) is 2.00. The minimum Gasteiger partial charge on any atom is -0.394 e. The number of rotatable bonds is 3. The second-order valence-corrected chi connectivity index (χ2v) is 3.17. The van der Waals surface area contributed by atoms with Crippen molar-refractivity contribution in [3.63, 3.8) is 0 Å². The Morgan fingerprint density at radius 1 is 1.75 bits per heavy atom. The normalized spacial score (nSPS) is 22.8. The summed E-state index contributed by atoms with van der Waals surface area (Å²) in [6, 6.07) is 0.112. The van der Waals surface area contributed by atoms with Gasteiger partial charge in [-0.25, -0.2) is 0 Å². The van der Waals surface area contributed by atoms with Gasteiger partial charge in [-0.15, -0.1) is 0 Å². The highest BCUT2D eigenvalue weighted by molar-refractivity contribution is 5.92. The molecule has 0 amide bonds. The van der Waals surface area contributed by atoms with Crippen molar-refractivity contribution in [3.05, 3.63) is 12.3 Å². The first kappa shape index (κ1) is 9.26. The number of carbonyl (C=O) groups excluding carboxylic acids is 1. The standard InChI is InChI=1S/C9H15NO2/c1-7(8(2)12)10-5-3-4-9(10)6-11/h9,11H,1,3-6H2,2H3. The van der Waals surface area contributed by atoms with Crippen molar-refractivity contribution in [1.82, 2.24) is 4.90 Å². The maximum atomic E-state index is 11.0. The predicted molar refractivity (Wildman–Crippen MR) is 46.6 cm³/mol. The molecule has 1 N–H and O–H groups in total. The first-order chi connectivity index (χ1) is 5.66. The third kappa shape index (κ3) is 1.67. The van der Waals surface area contributed by atoms with Gasteiger partial charge in [-0.2, -0.15) is 0 Å². The van der Waals surface area contributed by atoms with Crippen LogP contribution < -0.4 is 0 Å². The van der Waals surface area contributed by atoms with E-state index in [0.717, 1.165) is 19.4 Å². The highest BCUT2D eigenvalue weighted by atomic mass is 16.3. The van der Waals surface area contributed by atoms with Gasteiger partial charge in [-0.3, -0.25) is 4.79 Å². The molecule has 1 aliphatic rings. The zero-order chi connectivity index (χ0) is 9.14. The molecule has 0 spiro atoms. The van der Waals surface area contributed by atoms with Crippen molar-refractivity contribution < 1.29 is 9.90 Å². The molecule has 0 saturated carbocycles. The van der Waals surface area contributed by atoms with Crippen molar-refractivity contribution in [2.45, 2.75) is 25.8 Å². The average Bonchev–Trinajstić information content (AvgIpc) is 2.49. The van der Waals surface area contributed by atoms with E-state index in [-0.39, 0.29) is 18.4 Å². The van der Waals surface area contributed by atoms with E-state index >= 15 is 0 Å². The summed E-state index contributed by atoms with van der Waals surface area (Å²) in [5.74, 6) is -0.00431. The molecular formula is C9H15NO2.